The molecule has 1 aromatic carbocycles. The lowest BCUT2D eigenvalue weighted by Crippen LogP contribution is -2.10. The minimum atomic E-state index is -0.0222. The van der Waals surface area contributed by atoms with Crippen LogP contribution in [0.5, 0.6) is 5.75 Å². The summed E-state index contributed by atoms with van der Waals surface area (Å²) in [6.45, 7) is 9.03. The van der Waals surface area contributed by atoms with Crippen LogP contribution in [0.2, 0.25) is 0 Å². The highest BCUT2D eigenvalue weighted by atomic mass is 32.1. The summed E-state index contributed by atoms with van der Waals surface area (Å²) < 4.78 is 5.76. The molecule has 1 atom stereocenters. The molecule has 0 spiro atoms. The van der Waals surface area contributed by atoms with E-state index in [0.29, 0.717) is 6.61 Å². The zero-order valence-electron chi connectivity index (χ0n) is 12.5. The van der Waals surface area contributed by atoms with E-state index >= 15 is 0 Å². The van der Waals surface area contributed by atoms with Crippen molar-refractivity contribution in [1.82, 2.24) is 4.98 Å². The molecule has 0 aliphatic heterocycles. The van der Waals surface area contributed by atoms with Gasteiger partial charge >= 0.3 is 0 Å². The van der Waals surface area contributed by atoms with Crippen LogP contribution in [-0.2, 0) is 12.0 Å². The van der Waals surface area contributed by atoms with E-state index in [1.54, 1.807) is 11.3 Å². The lowest BCUT2D eigenvalue weighted by molar-refractivity contribution is 0.305. The molecular formula is C16H22N2OS. The lowest BCUT2D eigenvalue weighted by atomic mass is 9.87. The number of thiazole rings is 1. The SMILES string of the molecule is CC(N)c1csc(COc2ccc(C(C)(C)C)cc2)n1. The van der Waals surface area contributed by atoms with Crippen LogP contribution in [0.25, 0.3) is 0 Å². The average Bonchev–Trinajstić information content (AvgIpc) is 2.85. The molecule has 0 amide bonds. The van der Waals surface area contributed by atoms with Gasteiger partial charge in [-0.2, -0.15) is 0 Å². The van der Waals surface area contributed by atoms with Gasteiger partial charge in [0.25, 0.3) is 0 Å². The first-order chi connectivity index (χ1) is 9.36. The number of ether oxygens (including phenoxy) is 1. The lowest BCUT2D eigenvalue weighted by Gasteiger charge is -2.19. The van der Waals surface area contributed by atoms with E-state index in [9.17, 15) is 0 Å². The minimum Gasteiger partial charge on any atom is -0.486 e. The predicted octanol–water partition coefficient (Wildman–Crippen LogP) is 4.04. The predicted molar refractivity (Wildman–Crippen MR) is 84.2 cm³/mol. The number of nitrogens with zero attached hydrogens (tertiary/aromatic N) is 1. The molecule has 1 heterocycles. The van der Waals surface area contributed by atoms with E-state index in [0.717, 1.165) is 16.5 Å². The summed E-state index contributed by atoms with van der Waals surface area (Å²) in [7, 11) is 0. The van der Waals surface area contributed by atoms with Gasteiger partial charge in [-0.15, -0.1) is 11.3 Å². The molecular weight excluding hydrogens is 268 g/mol. The van der Waals surface area contributed by atoms with Crippen molar-refractivity contribution in [3.63, 3.8) is 0 Å². The summed E-state index contributed by atoms with van der Waals surface area (Å²) in [5.41, 5.74) is 8.19. The fraction of sp³-hybridized carbons (Fsp3) is 0.438. The van der Waals surface area contributed by atoms with E-state index in [1.165, 1.54) is 5.56 Å². The van der Waals surface area contributed by atoms with Crippen LogP contribution in [0.15, 0.2) is 29.6 Å². The molecule has 0 aliphatic rings. The van der Waals surface area contributed by atoms with Crippen LogP contribution in [-0.4, -0.2) is 4.98 Å². The van der Waals surface area contributed by atoms with Crippen LogP contribution in [0, 0.1) is 0 Å². The Morgan fingerprint density at radius 3 is 2.40 bits per heavy atom. The second-order valence-electron chi connectivity index (χ2n) is 6.02. The highest BCUT2D eigenvalue weighted by Crippen LogP contribution is 2.25. The summed E-state index contributed by atoms with van der Waals surface area (Å²) >= 11 is 1.59. The first-order valence-corrected chi connectivity index (χ1v) is 7.67. The van der Waals surface area contributed by atoms with E-state index in [4.69, 9.17) is 10.5 Å². The maximum atomic E-state index is 5.80. The van der Waals surface area contributed by atoms with Gasteiger partial charge in [-0.25, -0.2) is 4.98 Å². The molecule has 4 heteroatoms. The van der Waals surface area contributed by atoms with Gasteiger partial charge in [0, 0.05) is 11.4 Å². The topological polar surface area (TPSA) is 48.1 Å². The van der Waals surface area contributed by atoms with Crippen molar-refractivity contribution in [2.75, 3.05) is 0 Å². The molecule has 2 N–H and O–H groups in total. The van der Waals surface area contributed by atoms with Gasteiger partial charge in [0.15, 0.2) is 0 Å². The Hall–Kier alpha value is -1.39. The zero-order chi connectivity index (χ0) is 14.8. The normalized spacial score (nSPS) is 13.2. The first kappa shape index (κ1) is 15.0. The molecule has 0 aliphatic carbocycles. The van der Waals surface area contributed by atoms with Crippen molar-refractivity contribution in [2.24, 2.45) is 5.73 Å². The molecule has 0 fully saturated rings. The van der Waals surface area contributed by atoms with Crippen LogP contribution in [0.1, 0.15) is 50.0 Å². The second-order valence-corrected chi connectivity index (χ2v) is 6.96. The van der Waals surface area contributed by atoms with Crippen molar-refractivity contribution in [3.8, 4) is 5.75 Å². The van der Waals surface area contributed by atoms with Gasteiger partial charge in [-0.3, -0.25) is 0 Å². The Morgan fingerprint density at radius 1 is 1.25 bits per heavy atom. The van der Waals surface area contributed by atoms with Crippen LogP contribution in [0.3, 0.4) is 0 Å². The molecule has 20 heavy (non-hydrogen) atoms. The molecule has 2 rings (SSSR count). The Kier molecular flexibility index (Phi) is 4.45. The summed E-state index contributed by atoms with van der Waals surface area (Å²) in [4.78, 5) is 4.45. The highest BCUT2D eigenvalue weighted by molar-refractivity contribution is 7.09. The molecule has 0 radical (unpaired) electrons. The third kappa shape index (κ3) is 3.81. The molecule has 3 nitrogen and oxygen atoms in total. The second kappa shape index (κ2) is 5.94. The van der Waals surface area contributed by atoms with Gasteiger partial charge in [-0.1, -0.05) is 32.9 Å². The van der Waals surface area contributed by atoms with E-state index < -0.39 is 0 Å². The fourth-order valence-corrected chi connectivity index (χ4v) is 2.61. The Bertz CT molecular complexity index is 553. The van der Waals surface area contributed by atoms with Crippen molar-refractivity contribution < 1.29 is 4.74 Å². The third-order valence-corrected chi connectivity index (χ3v) is 3.96. The van der Waals surface area contributed by atoms with Crippen LogP contribution >= 0.6 is 11.3 Å². The van der Waals surface area contributed by atoms with Gasteiger partial charge < -0.3 is 10.5 Å². The van der Waals surface area contributed by atoms with E-state index in [2.05, 4.69) is 37.9 Å². The number of hydrogen-bond acceptors (Lipinski definition) is 4. The number of hydrogen-bond donors (Lipinski definition) is 1. The number of benzene rings is 1. The summed E-state index contributed by atoms with van der Waals surface area (Å²) in [6.07, 6.45) is 0. The fourth-order valence-electron chi connectivity index (χ4n) is 1.80. The van der Waals surface area contributed by atoms with Crippen molar-refractivity contribution in [2.45, 2.75) is 45.8 Å². The van der Waals surface area contributed by atoms with Crippen LogP contribution < -0.4 is 10.5 Å². The summed E-state index contributed by atoms with van der Waals surface area (Å²) in [6, 6.07) is 8.24. The zero-order valence-corrected chi connectivity index (χ0v) is 13.3. The minimum absolute atomic E-state index is 0.0222. The third-order valence-electron chi connectivity index (χ3n) is 3.12. The summed E-state index contributed by atoms with van der Waals surface area (Å²) in [5.74, 6) is 0.871. The van der Waals surface area contributed by atoms with Crippen molar-refractivity contribution >= 4 is 11.3 Å². The first-order valence-electron chi connectivity index (χ1n) is 6.79. The average molecular weight is 290 g/mol. The Morgan fingerprint density at radius 2 is 1.90 bits per heavy atom. The number of nitrogens with two attached hydrogens (primary N) is 1. The standard InChI is InChI=1S/C16H22N2OS/c1-11(17)14-10-20-15(18-14)9-19-13-7-5-12(6-8-13)16(2,3)4/h5-8,10-11H,9,17H2,1-4H3. The van der Waals surface area contributed by atoms with Gasteiger partial charge in [0.1, 0.15) is 17.4 Å². The van der Waals surface area contributed by atoms with E-state index in [1.807, 2.05) is 24.4 Å². The van der Waals surface area contributed by atoms with Gasteiger partial charge in [0.05, 0.1) is 5.69 Å². The largest absolute Gasteiger partial charge is 0.486 e. The Balaban J connectivity index is 1.97. The number of aromatic nitrogens is 1. The quantitative estimate of drug-likeness (QED) is 0.924. The maximum Gasteiger partial charge on any atom is 0.140 e. The molecule has 0 saturated heterocycles. The van der Waals surface area contributed by atoms with E-state index in [-0.39, 0.29) is 11.5 Å². The van der Waals surface area contributed by atoms with Crippen LogP contribution in [0.4, 0.5) is 0 Å². The van der Waals surface area contributed by atoms with Crippen molar-refractivity contribution in [1.29, 1.82) is 0 Å². The smallest absolute Gasteiger partial charge is 0.140 e. The Labute approximate surface area is 124 Å². The molecule has 1 unspecified atom stereocenters. The maximum absolute atomic E-state index is 5.80. The molecule has 2 aromatic rings. The molecule has 0 bridgehead atoms. The monoisotopic (exact) mass is 290 g/mol. The highest BCUT2D eigenvalue weighted by Gasteiger charge is 2.13. The molecule has 108 valence electrons. The summed E-state index contributed by atoms with van der Waals surface area (Å²) in [5, 5.41) is 2.95. The molecule has 1 aromatic heterocycles. The van der Waals surface area contributed by atoms with Crippen molar-refractivity contribution in [3.05, 3.63) is 45.9 Å². The number of rotatable bonds is 4. The van der Waals surface area contributed by atoms with Gasteiger partial charge in [-0.05, 0) is 30.0 Å². The van der Waals surface area contributed by atoms with Gasteiger partial charge in [0.2, 0.25) is 0 Å². The molecule has 0 saturated carbocycles.